The van der Waals surface area contributed by atoms with Crippen molar-refractivity contribution in [1.29, 1.82) is 0 Å². The molecule has 0 bridgehead atoms. The first-order valence-corrected chi connectivity index (χ1v) is 7.40. The van der Waals surface area contributed by atoms with Crippen LogP contribution in [0.3, 0.4) is 0 Å². The van der Waals surface area contributed by atoms with Gasteiger partial charge in [-0.2, -0.15) is 0 Å². The Bertz CT molecular complexity index is 659. The molecule has 0 aromatic heterocycles. The van der Waals surface area contributed by atoms with E-state index in [1.54, 1.807) is 13.2 Å². The van der Waals surface area contributed by atoms with Crippen molar-refractivity contribution in [2.45, 2.75) is 25.4 Å². The second-order valence-electron chi connectivity index (χ2n) is 5.20. The van der Waals surface area contributed by atoms with Gasteiger partial charge in [0.2, 0.25) is 0 Å². The van der Waals surface area contributed by atoms with Gasteiger partial charge in [0.05, 0.1) is 7.11 Å². The minimum absolute atomic E-state index is 0.105. The second kappa shape index (κ2) is 6.04. The zero-order chi connectivity index (χ0) is 14.8. The van der Waals surface area contributed by atoms with Gasteiger partial charge in [-0.25, -0.2) is 4.39 Å². The van der Waals surface area contributed by atoms with Gasteiger partial charge in [0.15, 0.2) is 0 Å². The van der Waals surface area contributed by atoms with Crippen LogP contribution >= 0.6 is 11.6 Å². The standard InChI is InChI=1S/C17H17ClFNO/c1-21-17-7-3-5-14(18)13(17)10-20-16-9-8-11-12(16)4-2-6-15(11)19/h2-7,16,20H,8-10H2,1H3. The largest absolute Gasteiger partial charge is 0.496 e. The summed E-state index contributed by atoms with van der Waals surface area (Å²) in [5, 5.41) is 4.15. The Morgan fingerprint density at radius 3 is 2.90 bits per heavy atom. The van der Waals surface area contributed by atoms with E-state index in [0.717, 1.165) is 35.3 Å². The maximum Gasteiger partial charge on any atom is 0.126 e. The van der Waals surface area contributed by atoms with Crippen LogP contribution in [0, 0.1) is 5.82 Å². The molecule has 21 heavy (non-hydrogen) atoms. The van der Waals surface area contributed by atoms with E-state index in [0.29, 0.717) is 11.6 Å². The molecule has 0 amide bonds. The summed E-state index contributed by atoms with van der Waals surface area (Å²) in [6.45, 7) is 0.601. The van der Waals surface area contributed by atoms with Crippen LogP contribution in [0.2, 0.25) is 5.02 Å². The average Bonchev–Trinajstić information content (AvgIpc) is 2.90. The molecule has 0 spiro atoms. The Morgan fingerprint density at radius 1 is 1.29 bits per heavy atom. The molecule has 1 atom stereocenters. The summed E-state index contributed by atoms with van der Waals surface area (Å²) < 4.78 is 19.1. The van der Waals surface area contributed by atoms with Crippen molar-refractivity contribution < 1.29 is 9.13 Å². The summed E-state index contributed by atoms with van der Waals surface area (Å²) in [6.07, 6.45) is 1.68. The Kier molecular flexibility index (Phi) is 4.13. The van der Waals surface area contributed by atoms with Gasteiger partial charge in [-0.1, -0.05) is 29.8 Å². The first-order chi connectivity index (χ1) is 10.2. The predicted octanol–water partition coefficient (Wildman–Crippen LogP) is 4.26. The van der Waals surface area contributed by atoms with Crippen LogP contribution in [-0.2, 0) is 13.0 Å². The normalized spacial score (nSPS) is 16.8. The lowest BCUT2D eigenvalue weighted by molar-refractivity contribution is 0.405. The molecule has 1 N–H and O–H groups in total. The predicted molar refractivity (Wildman–Crippen MR) is 82.3 cm³/mol. The molecule has 2 nitrogen and oxygen atoms in total. The summed E-state index contributed by atoms with van der Waals surface area (Å²) in [4.78, 5) is 0. The van der Waals surface area contributed by atoms with Crippen molar-refractivity contribution >= 4 is 11.6 Å². The number of halogens is 2. The minimum Gasteiger partial charge on any atom is -0.496 e. The molecule has 2 aromatic rings. The van der Waals surface area contributed by atoms with Gasteiger partial charge >= 0.3 is 0 Å². The van der Waals surface area contributed by atoms with Crippen molar-refractivity contribution in [3.8, 4) is 5.75 Å². The van der Waals surface area contributed by atoms with Crippen molar-refractivity contribution in [1.82, 2.24) is 5.32 Å². The Labute approximate surface area is 128 Å². The summed E-state index contributed by atoms with van der Waals surface area (Å²) in [7, 11) is 1.63. The van der Waals surface area contributed by atoms with Crippen LogP contribution in [0.5, 0.6) is 5.75 Å². The number of rotatable bonds is 4. The number of ether oxygens (including phenoxy) is 1. The number of methoxy groups -OCH3 is 1. The number of fused-ring (bicyclic) bond motifs is 1. The van der Waals surface area contributed by atoms with Crippen LogP contribution in [0.25, 0.3) is 0 Å². The van der Waals surface area contributed by atoms with E-state index < -0.39 is 0 Å². The van der Waals surface area contributed by atoms with E-state index in [9.17, 15) is 4.39 Å². The lowest BCUT2D eigenvalue weighted by atomic mass is 10.1. The molecular weight excluding hydrogens is 289 g/mol. The average molecular weight is 306 g/mol. The van der Waals surface area contributed by atoms with Gasteiger partial charge in [-0.3, -0.25) is 0 Å². The van der Waals surface area contributed by atoms with E-state index in [-0.39, 0.29) is 11.9 Å². The highest BCUT2D eigenvalue weighted by molar-refractivity contribution is 6.31. The molecule has 0 saturated heterocycles. The lowest BCUT2D eigenvalue weighted by Crippen LogP contribution is -2.19. The highest BCUT2D eigenvalue weighted by Gasteiger charge is 2.24. The van der Waals surface area contributed by atoms with E-state index in [4.69, 9.17) is 16.3 Å². The van der Waals surface area contributed by atoms with Crippen LogP contribution in [-0.4, -0.2) is 7.11 Å². The maximum atomic E-state index is 13.7. The summed E-state index contributed by atoms with van der Waals surface area (Å²) >= 11 is 6.24. The number of hydrogen-bond acceptors (Lipinski definition) is 2. The van der Waals surface area contributed by atoms with Crippen LogP contribution < -0.4 is 10.1 Å². The van der Waals surface area contributed by atoms with E-state index in [1.165, 1.54) is 6.07 Å². The fourth-order valence-electron chi connectivity index (χ4n) is 2.95. The SMILES string of the molecule is COc1cccc(Cl)c1CNC1CCc2c(F)cccc21. The molecule has 1 aliphatic rings. The molecule has 0 saturated carbocycles. The van der Waals surface area contributed by atoms with E-state index in [2.05, 4.69) is 5.32 Å². The first kappa shape index (κ1) is 14.4. The van der Waals surface area contributed by atoms with Gasteiger partial charge in [-0.05, 0) is 42.2 Å². The third-order valence-electron chi connectivity index (χ3n) is 4.03. The molecule has 2 aromatic carbocycles. The second-order valence-corrected chi connectivity index (χ2v) is 5.61. The highest BCUT2D eigenvalue weighted by Crippen LogP contribution is 2.34. The Morgan fingerprint density at radius 2 is 2.10 bits per heavy atom. The van der Waals surface area contributed by atoms with E-state index in [1.807, 2.05) is 24.3 Å². The number of benzene rings is 2. The van der Waals surface area contributed by atoms with Crippen molar-refractivity contribution in [2.24, 2.45) is 0 Å². The summed E-state index contributed by atoms with van der Waals surface area (Å²) in [6, 6.07) is 11.1. The molecule has 0 fully saturated rings. The molecule has 1 unspecified atom stereocenters. The lowest BCUT2D eigenvalue weighted by Gasteiger charge is -2.16. The number of nitrogens with one attached hydrogen (secondary N) is 1. The monoisotopic (exact) mass is 305 g/mol. The zero-order valence-electron chi connectivity index (χ0n) is 11.8. The van der Waals surface area contributed by atoms with Gasteiger partial charge in [-0.15, -0.1) is 0 Å². The van der Waals surface area contributed by atoms with Crippen molar-refractivity contribution in [2.75, 3.05) is 7.11 Å². The van der Waals surface area contributed by atoms with Crippen LogP contribution in [0.1, 0.15) is 29.2 Å². The summed E-state index contributed by atoms with van der Waals surface area (Å²) in [5.41, 5.74) is 2.83. The molecule has 4 heteroatoms. The highest BCUT2D eigenvalue weighted by atomic mass is 35.5. The third-order valence-corrected chi connectivity index (χ3v) is 4.39. The summed E-state index contributed by atoms with van der Waals surface area (Å²) in [5.74, 6) is 0.666. The number of hydrogen-bond donors (Lipinski definition) is 1. The Hall–Kier alpha value is -1.58. The zero-order valence-corrected chi connectivity index (χ0v) is 12.6. The van der Waals surface area contributed by atoms with Crippen LogP contribution in [0.15, 0.2) is 36.4 Å². The Balaban J connectivity index is 1.78. The molecular formula is C17H17ClFNO. The third kappa shape index (κ3) is 2.76. The van der Waals surface area contributed by atoms with Crippen LogP contribution in [0.4, 0.5) is 4.39 Å². The quantitative estimate of drug-likeness (QED) is 0.911. The van der Waals surface area contributed by atoms with Gasteiger partial charge in [0, 0.05) is 23.2 Å². The van der Waals surface area contributed by atoms with E-state index >= 15 is 0 Å². The molecule has 0 radical (unpaired) electrons. The molecule has 0 heterocycles. The molecule has 1 aliphatic carbocycles. The van der Waals surface area contributed by atoms with Crippen molar-refractivity contribution in [3.63, 3.8) is 0 Å². The molecule has 0 aliphatic heterocycles. The van der Waals surface area contributed by atoms with Gasteiger partial charge < -0.3 is 10.1 Å². The fourth-order valence-corrected chi connectivity index (χ4v) is 3.18. The molecule has 110 valence electrons. The topological polar surface area (TPSA) is 21.3 Å². The fraction of sp³-hybridized carbons (Fsp3) is 0.294. The smallest absolute Gasteiger partial charge is 0.126 e. The van der Waals surface area contributed by atoms with Gasteiger partial charge in [0.25, 0.3) is 0 Å². The van der Waals surface area contributed by atoms with Gasteiger partial charge in [0.1, 0.15) is 11.6 Å². The first-order valence-electron chi connectivity index (χ1n) is 7.02. The maximum absolute atomic E-state index is 13.7. The van der Waals surface area contributed by atoms with Crippen molar-refractivity contribution in [3.05, 3.63) is 63.9 Å². The minimum atomic E-state index is -0.105. The molecule has 3 rings (SSSR count).